The lowest BCUT2D eigenvalue weighted by Crippen LogP contribution is -2.41. The fraction of sp³-hybridized carbons (Fsp3) is 1.00. The summed E-state index contributed by atoms with van der Waals surface area (Å²) in [5, 5.41) is 0. The largest absolute Gasteiger partial charge is 0.301 e. The maximum Gasteiger partial charge on any atom is 0.0121 e. The van der Waals surface area contributed by atoms with Crippen LogP contribution in [0.3, 0.4) is 0 Å². The van der Waals surface area contributed by atoms with Gasteiger partial charge in [0.15, 0.2) is 0 Å². The zero-order valence-electron chi connectivity index (χ0n) is 8.84. The molecule has 1 aliphatic carbocycles. The van der Waals surface area contributed by atoms with Crippen molar-refractivity contribution in [1.29, 1.82) is 0 Å². The van der Waals surface area contributed by atoms with Crippen LogP contribution < -0.4 is 0 Å². The highest BCUT2D eigenvalue weighted by Gasteiger charge is 2.24. The quantitative estimate of drug-likeness (QED) is 0.628. The molecule has 72 valence electrons. The standard InChI is InChI=1S/C11H23N/c1-4-12(5-2)11-9-7-6-8-10(11)3/h10-11H,4-9H2,1-3H3/t10-,11-/m0/s1. The van der Waals surface area contributed by atoms with Gasteiger partial charge in [-0.15, -0.1) is 0 Å². The van der Waals surface area contributed by atoms with E-state index in [1.807, 2.05) is 0 Å². The van der Waals surface area contributed by atoms with E-state index in [2.05, 4.69) is 25.7 Å². The average molecular weight is 169 g/mol. The number of hydrogen-bond acceptors (Lipinski definition) is 1. The van der Waals surface area contributed by atoms with Crippen LogP contribution in [-0.2, 0) is 0 Å². The van der Waals surface area contributed by atoms with E-state index in [-0.39, 0.29) is 0 Å². The summed E-state index contributed by atoms with van der Waals surface area (Å²) in [4.78, 5) is 2.63. The highest BCUT2D eigenvalue weighted by atomic mass is 15.1. The molecule has 1 rings (SSSR count). The van der Waals surface area contributed by atoms with Crippen LogP contribution in [0.4, 0.5) is 0 Å². The van der Waals surface area contributed by atoms with Gasteiger partial charge in [-0.3, -0.25) is 0 Å². The smallest absolute Gasteiger partial charge is 0.0121 e. The van der Waals surface area contributed by atoms with E-state index < -0.39 is 0 Å². The van der Waals surface area contributed by atoms with Gasteiger partial charge in [0, 0.05) is 6.04 Å². The second-order valence-corrected chi connectivity index (χ2v) is 4.05. The summed E-state index contributed by atoms with van der Waals surface area (Å²) >= 11 is 0. The van der Waals surface area contributed by atoms with Gasteiger partial charge in [-0.05, 0) is 31.8 Å². The molecule has 0 aromatic carbocycles. The fourth-order valence-electron chi connectivity index (χ4n) is 2.53. The maximum atomic E-state index is 2.63. The molecule has 0 heterocycles. The molecule has 0 aromatic rings. The first-order chi connectivity index (χ1) is 5.79. The van der Waals surface area contributed by atoms with Crippen LogP contribution in [0.5, 0.6) is 0 Å². The topological polar surface area (TPSA) is 3.24 Å². The van der Waals surface area contributed by atoms with Gasteiger partial charge in [-0.1, -0.05) is 33.6 Å². The molecule has 0 aliphatic heterocycles. The SMILES string of the molecule is CCN(CC)[C@H]1CCCC[C@@H]1C. The number of rotatable bonds is 3. The molecule has 12 heavy (non-hydrogen) atoms. The van der Waals surface area contributed by atoms with Crippen molar-refractivity contribution in [3.8, 4) is 0 Å². The Morgan fingerprint density at radius 2 is 1.67 bits per heavy atom. The van der Waals surface area contributed by atoms with E-state index in [1.165, 1.54) is 38.8 Å². The van der Waals surface area contributed by atoms with Gasteiger partial charge in [0.2, 0.25) is 0 Å². The van der Waals surface area contributed by atoms with Crippen molar-refractivity contribution in [2.75, 3.05) is 13.1 Å². The van der Waals surface area contributed by atoms with Crippen LogP contribution in [-0.4, -0.2) is 24.0 Å². The first-order valence-electron chi connectivity index (χ1n) is 5.53. The lowest BCUT2D eigenvalue weighted by molar-refractivity contribution is 0.123. The molecule has 0 radical (unpaired) electrons. The zero-order chi connectivity index (χ0) is 8.97. The van der Waals surface area contributed by atoms with E-state index in [4.69, 9.17) is 0 Å². The third-order valence-corrected chi connectivity index (χ3v) is 3.35. The van der Waals surface area contributed by atoms with Crippen molar-refractivity contribution in [1.82, 2.24) is 4.90 Å². The average Bonchev–Trinajstić information content (AvgIpc) is 2.10. The summed E-state index contributed by atoms with van der Waals surface area (Å²) in [6, 6.07) is 0.883. The second kappa shape index (κ2) is 4.86. The van der Waals surface area contributed by atoms with Gasteiger partial charge in [-0.2, -0.15) is 0 Å². The lowest BCUT2D eigenvalue weighted by Gasteiger charge is -2.37. The van der Waals surface area contributed by atoms with Gasteiger partial charge < -0.3 is 4.90 Å². The molecule has 2 atom stereocenters. The molecule has 1 saturated carbocycles. The molecule has 0 aromatic heterocycles. The van der Waals surface area contributed by atoms with Crippen LogP contribution in [0.25, 0.3) is 0 Å². The summed E-state index contributed by atoms with van der Waals surface area (Å²) in [6.45, 7) is 9.44. The van der Waals surface area contributed by atoms with Crippen molar-refractivity contribution in [2.45, 2.75) is 52.5 Å². The van der Waals surface area contributed by atoms with Gasteiger partial charge >= 0.3 is 0 Å². The lowest BCUT2D eigenvalue weighted by atomic mass is 9.85. The first-order valence-corrected chi connectivity index (χ1v) is 5.53. The molecule has 0 unspecified atom stereocenters. The minimum Gasteiger partial charge on any atom is -0.301 e. The van der Waals surface area contributed by atoms with Crippen molar-refractivity contribution in [2.24, 2.45) is 5.92 Å². The molecule has 1 nitrogen and oxygen atoms in total. The third kappa shape index (κ3) is 2.22. The summed E-state index contributed by atoms with van der Waals surface area (Å²) in [7, 11) is 0. The molecule has 0 N–H and O–H groups in total. The molecule has 0 saturated heterocycles. The summed E-state index contributed by atoms with van der Waals surface area (Å²) in [5.41, 5.74) is 0. The van der Waals surface area contributed by atoms with E-state index in [1.54, 1.807) is 0 Å². The minimum atomic E-state index is 0.883. The van der Waals surface area contributed by atoms with Crippen LogP contribution in [0, 0.1) is 5.92 Å². The van der Waals surface area contributed by atoms with Gasteiger partial charge in [0.1, 0.15) is 0 Å². The van der Waals surface area contributed by atoms with Crippen molar-refractivity contribution in [3.63, 3.8) is 0 Å². The Kier molecular flexibility index (Phi) is 4.07. The van der Waals surface area contributed by atoms with Crippen LogP contribution >= 0.6 is 0 Å². The van der Waals surface area contributed by atoms with Crippen molar-refractivity contribution in [3.05, 3.63) is 0 Å². The number of nitrogens with zero attached hydrogens (tertiary/aromatic N) is 1. The highest BCUT2D eigenvalue weighted by Crippen LogP contribution is 2.27. The number of hydrogen-bond donors (Lipinski definition) is 0. The Balaban J connectivity index is 2.45. The van der Waals surface area contributed by atoms with E-state index in [0.717, 1.165) is 12.0 Å². The molecular weight excluding hydrogens is 146 g/mol. The third-order valence-electron chi connectivity index (χ3n) is 3.35. The Morgan fingerprint density at radius 3 is 2.17 bits per heavy atom. The molecule has 0 spiro atoms. The Bertz CT molecular complexity index is 118. The molecule has 1 heteroatoms. The Hall–Kier alpha value is -0.0400. The normalized spacial score (nSPS) is 31.0. The summed E-state index contributed by atoms with van der Waals surface area (Å²) < 4.78 is 0. The van der Waals surface area contributed by atoms with Crippen LogP contribution in [0.2, 0.25) is 0 Å². The van der Waals surface area contributed by atoms with Gasteiger partial charge in [0.25, 0.3) is 0 Å². The van der Waals surface area contributed by atoms with E-state index in [0.29, 0.717) is 0 Å². The molecular formula is C11H23N. The fourth-order valence-corrected chi connectivity index (χ4v) is 2.53. The predicted octanol–water partition coefficient (Wildman–Crippen LogP) is 2.91. The van der Waals surface area contributed by atoms with E-state index in [9.17, 15) is 0 Å². The monoisotopic (exact) mass is 169 g/mol. The van der Waals surface area contributed by atoms with Crippen molar-refractivity contribution < 1.29 is 0 Å². The molecule has 0 amide bonds. The minimum absolute atomic E-state index is 0.883. The summed E-state index contributed by atoms with van der Waals surface area (Å²) in [6.07, 6.45) is 5.79. The Labute approximate surface area is 77.1 Å². The molecule has 0 bridgehead atoms. The predicted molar refractivity (Wildman–Crippen MR) is 54.3 cm³/mol. The van der Waals surface area contributed by atoms with E-state index >= 15 is 0 Å². The van der Waals surface area contributed by atoms with Crippen LogP contribution in [0.1, 0.15) is 46.5 Å². The van der Waals surface area contributed by atoms with Crippen molar-refractivity contribution >= 4 is 0 Å². The Morgan fingerprint density at radius 1 is 1.08 bits per heavy atom. The second-order valence-electron chi connectivity index (χ2n) is 4.05. The molecule has 1 fully saturated rings. The van der Waals surface area contributed by atoms with Gasteiger partial charge in [0.05, 0.1) is 0 Å². The van der Waals surface area contributed by atoms with Crippen LogP contribution in [0.15, 0.2) is 0 Å². The summed E-state index contributed by atoms with van der Waals surface area (Å²) in [5.74, 6) is 0.929. The zero-order valence-corrected chi connectivity index (χ0v) is 8.84. The first kappa shape index (κ1) is 10.0. The maximum absolute atomic E-state index is 2.63. The highest BCUT2D eigenvalue weighted by molar-refractivity contribution is 4.79. The molecule has 1 aliphatic rings. The van der Waals surface area contributed by atoms with Gasteiger partial charge in [-0.25, -0.2) is 0 Å².